The highest BCUT2D eigenvalue weighted by molar-refractivity contribution is 5.16. The molecule has 0 aromatic heterocycles. The Balaban J connectivity index is 2.53. The lowest BCUT2D eigenvalue weighted by Gasteiger charge is -2.06. The summed E-state index contributed by atoms with van der Waals surface area (Å²) in [5, 5.41) is 0. The average molecular weight is 114 g/mol. The van der Waals surface area contributed by atoms with Crippen molar-refractivity contribution in [3.05, 3.63) is 12.2 Å². The van der Waals surface area contributed by atoms with Gasteiger partial charge in [0, 0.05) is 5.41 Å². The van der Waals surface area contributed by atoms with Crippen LogP contribution in [0.5, 0.6) is 0 Å². The van der Waals surface area contributed by atoms with Gasteiger partial charge in [-0.3, -0.25) is 4.39 Å². The van der Waals surface area contributed by atoms with E-state index in [1.165, 1.54) is 0 Å². The Hall–Kier alpha value is -0.330. The molecule has 1 saturated carbocycles. The first kappa shape index (κ1) is 5.80. The Kier molecular flexibility index (Phi) is 1.14. The molecule has 0 aliphatic heterocycles. The first-order valence-electron chi connectivity index (χ1n) is 2.93. The van der Waals surface area contributed by atoms with Crippen molar-refractivity contribution in [1.29, 1.82) is 0 Å². The molecule has 1 aliphatic carbocycles. The molecule has 0 amide bonds. The molecule has 0 aromatic rings. The van der Waals surface area contributed by atoms with E-state index >= 15 is 0 Å². The van der Waals surface area contributed by atoms with Gasteiger partial charge in [-0.1, -0.05) is 12.2 Å². The number of allylic oxidation sites excluding steroid dienone is 1. The molecule has 1 aliphatic rings. The number of rotatable bonds is 2. The second-order valence-corrected chi connectivity index (χ2v) is 2.69. The molecule has 0 N–H and O–H groups in total. The molecule has 0 radical (unpaired) electrons. The van der Waals surface area contributed by atoms with Gasteiger partial charge in [-0.2, -0.15) is 0 Å². The summed E-state index contributed by atoms with van der Waals surface area (Å²) in [7, 11) is 0. The summed E-state index contributed by atoms with van der Waals surface area (Å²) in [5.74, 6) is 0. The smallest absolute Gasteiger partial charge is 0.0987 e. The second kappa shape index (κ2) is 1.57. The van der Waals surface area contributed by atoms with Crippen LogP contribution in [0.25, 0.3) is 0 Å². The highest BCUT2D eigenvalue weighted by Gasteiger charge is 2.43. The highest BCUT2D eigenvalue weighted by Crippen LogP contribution is 2.51. The number of halogens is 1. The van der Waals surface area contributed by atoms with Crippen molar-refractivity contribution in [3.63, 3.8) is 0 Å². The van der Waals surface area contributed by atoms with Crippen molar-refractivity contribution in [2.45, 2.75) is 19.8 Å². The third-order valence-corrected chi connectivity index (χ3v) is 2.01. The van der Waals surface area contributed by atoms with Crippen molar-refractivity contribution >= 4 is 0 Å². The van der Waals surface area contributed by atoms with Crippen LogP contribution >= 0.6 is 0 Å². The van der Waals surface area contributed by atoms with Gasteiger partial charge in [-0.25, -0.2) is 0 Å². The first-order valence-corrected chi connectivity index (χ1v) is 2.93. The van der Waals surface area contributed by atoms with E-state index in [-0.39, 0.29) is 12.1 Å². The maximum absolute atomic E-state index is 12.0. The Morgan fingerprint density at radius 2 is 2.25 bits per heavy atom. The van der Waals surface area contributed by atoms with E-state index in [0.717, 1.165) is 18.4 Å². The van der Waals surface area contributed by atoms with E-state index in [1.54, 1.807) is 0 Å². The summed E-state index contributed by atoms with van der Waals surface area (Å²) in [5.41, 5.74) is 0.944. The van der Waals surface area contributed by atoms with Gasteiger partial charge in [-0.15, -0.1) is 0 Å². The minimum Gasteiger partial charge on any atom is -0.250 e. The Bertz CT molecular complexity index is 112. The maximum atomic E-state index is 12.0. The monoisotopic (exact) mass is 114 g/mol. The second-order valence-electron chi connectivity index (χ2n) is 2.69. The summed E-state index contributed by atoms with van der Waals surface area (Å²) in [4.78, 5) is 0. The molecule has 0 atom stereocenters. The van der Waals surface area contributed by atoms with E-state index in [0.29, 0.717) is 0 Å². The molecule has 0 bridgehead atoms. The standard InChI is InChI=1S/C7H11F/c1-6(2)7(5-8)3-4-7/h1,3-5H2,2H3. The van der Waals surface area contributed by atoms with Crippen molar-refractivity contribution in [3.8, 4) is 0 Å². The summed E-state index contributed by atoms with van der Waals surface area (Å²) in [6.45, 7) is 5.42. The van der Waals surface area contributed by atoms with Gasteiger partial charge in [0.05, 0.1) is 6.67 Å². The van der Waals surface area contributed by atoms with Crippen molar-refractivity contribution in [1.82, 2.24) is 0 Å². The van der Waals surface area contributed by atoms with Gasteiger partial charge in [0.15, 0.2) is 0 Å². The number of hydrogen-bond donors (Lipinski definition) is 0. The molecule has 0 saturated heterocycles. The molecular formula is C7H11F. The topological polar surface area (TPSA) is 0 Å². The minimum atomic E-state index is -0.206. The van der Waals surface area contributed by atoms with Crippen LogP contribution in [0.4, 0.5) is 4.39 Å². The first-order chi connectivity index (χ1) is 3.71. The largest absolute Gasteiger partial charge is 0.250 e. The van der Waals surface area contributed by atoms with Crippen LogP contribution < -0.4 is 0 Å². The third-order valence-electron chi connectivity index (χ3n) is 2.01. The van der Waals surface area contributed by atoms with Gasteiger partial charge in [0.25, 0.3) is 0 Å². The summed E-state index contributed by atoms with van der Waals surface area (Å²) >= 11 is 0. The zero-order chi connectivity index (χ0) is 6.20. The minimum absolute atomic E-state index is 0.0694. The molecule has 1 heteroatoms. The lowest BCUT2D eigenvalue weighted by atomic mass is 10.0. The number of alkyl halides is 1. The SMILES string of the molecule is C=C(C)C1(CF)CC1. The lowest BCUT2D eigenvalue weighted by Crippen LogP contribution is -2.02. The van der Waals surface area contributed by atoms with Crippen LogP contribution in [0, 0.1) is 5.41 Å². The fourth-order valence-corrected chi connectivity index (χ4v) is 0.825. The Morgan fingerprint density at radius 1 is 1.75 bits per heavy atom. The van der Waals surface area contributed by atoms with Gasteiger partial charge < -0.3 is 0 Å². The molecule has 0 nitrogen and oxygen atoms in total. The normalized spacial score (nSPS) is 22.8. The van der Waals surface area contributed by atoms with Crippen molar-refractivity contribution in [2.24, 2.45) is 5.41 Å². The molecule has 46 valence electrons. The Labute approximate surface area is 49.4 Å². The average Bonchev–Trinajstić information content (AvgIpc) is 2.44. The fraction of sp³-hybridized carbons (Fsp3) is 0.714. The molecule has 0 unspecified atom stereocenters. The zero-order valence-corrected chi connectivity index (χ0v) is 5.21. The van der Waals surface area contributed by atoms with Gasteiger partial charge in [0.2, 0.25) is 0 Å². The van der Waals surface area contributed by atoms with Crippen LogP contribution in [0.2, 0.25) is 0 Å². The zero-order valence-electron chi connectivity index (χ0n) is 5.21. The van der Waals surface area contributed by atoms with Crippen LogP contribution in [0.3, 0.4) is 0 Å². The van der Waals surface area contributed by atoms with E-state index < -0.39 is 0 Å². The molecule has 0 aromatic carbocycles. The van der Waals surface area contributed by atoms with Gasteiger partial charge >= 0.3 is 0 Å². The molecule has 0 spiro atoms. The van der Waals surface area contributed by atoms with E-state index in [2.05, 4.69) is 6.58 Å². The molecule has 1 rings (SSSR count). The van der Waals surface area contributed by atoms with Crippen LogP contribution in [0.15, 0.2) is 12.2 Å². The number of hydrogen-bond acceptors (Lipinski definition) is 0. The predicted octanol–water partition coefficient (Wildman–Crippen LogP) is 2.31. The quantitative estimate of drug-likeness (QED) is 0.483. The summed E-state index contributed by atoms with van der Waals surface area (Å²) < 4.78 is 12.0. The van der Waals surface area contributed by atoms with Crippen LogP contribution in [0.1, 0.15) is 19.8 Å². The third kappa shape index (κ3) is 0.662. The summed E-state index contributed by atoms with van der Waals surface area (Å²) in [6, 6.07) is 0. The van der Waals surface area contributed by atoms with E-state index in [1.807, 2.05) is 6.92 Å². The molecular weight excluding hydrogens is 103 g/mol. The predicted molar refractivity (Wildman–Crippen MR) is 32.5 cm³/mol. The molecule has 1 fully saturated rings. The van der Waals surface area contributed by atoms with Crippen LogP contribution in [-0.2, 0) is 0 Å². The highest BCUT2D eigenvalue weighted by atomic mass is 19.1. The Morgan fingerprint density at radius 3 is 2.25 bits per heavy atom. The van der Waals surface area contributed by atoms with E-state index in [4.69, 9.17) is 0 Å². The maximum Gasteiger partial charge on any atom is 0.0987 e. The van der Waals surface area contributed by atoms with Crippen molar-refractivity contribution < 1.29 is 4.39 Å². The molecule has 8 heavy (non-hydrogen) atoms. The van der Waals surface area contributed by atoms with Gasteiger partial charge in [0.1, 0.15) is 0 Å². The van der Waals surface area contributed by atoms with Crippen molar-refractivity contribution in [2.75, 3.05) is 6.67 Å². The summed E-state index contributed by atoms with van der Waals surface area (Å²) in [6.07, 6.45) is 2.03. The van der Waals surface area contributed by atoms with Gasteiger partial charge in [-0.05, 0) is 19.8 Å². The molecule has 0 heterocycles. The lowest BCUT2D eigenvalue weighted by molar-refractivity contribution is 0.384. The fourth-order valence-electron chi connectivity index (χ4n) is 0.825. The van der Waals surface area contributed by atoms with Crippen LogP contribution in [-0.4, -0.2) is 6.67 Å². The van der Waals surface area contributed by atoms with E-state index in [9.17, 15) is 4.39 Å².